The summed E-state index contributed by atoms with van der Waals surface area (Å²) in [6.07, 6.45) is -0.204. The van der Waals surface area contributed by atoms with Crippen LogP contribution in [0.25, 0.3) is 0 Å². The quantitative estimate of drug-likeness (QED) is 0.768. The molecule has 1 saturated heterocycles. The van der Waals surface area contributed by atoms with Crippen LogP contribution in [0.1, 0.15) is 27.7 Å². The Bertz CT molecular complexity index is 355. The fraction of sp³-hybridized carbons (Fsp3) is 0.800. The first-order chi connectivity index (χ1) is 8.91. The molecule has 0 saturated carbocycles. The van der Waals surface area contributed by atoms with Crippen molar-refractivity contribution >= 4 is 5.78 Å². The molecular weight excluding hydrogens is 240 g/mol. The molecule has 4 nitrogen and oxygen atoms in total. The summed E-state index contributed by atoms with van der Waals surface area (Å²) >= 11 is 0. The molecule has 4 heteroatoms. The van der Waals surface area contributed by atoms with Crippen LogP contribution < -0.4 is 5.73 Å². The topological polar surface area (TPSA) is 55.6 Å². The monoisotopic (exact) mass is 266 g/mol. The first kappa shape index (κ1) is 16.2. The fourth-order valence-corrected chi connectivity index (χ4v) is 2.02. The van der Waals surface area contributed by atoms with Crippen LogP contribution in [0.15, 0.2) is 0 Å². The van der Waals surface area contributed by atoms with E-state index in [1.807, 2.05) is 13.8 Å². The van der Waals surface area contributed by atoms with Crippen molar-refractivity contribution in [3.63, 3.8) is 0 Å². The van der Waals surface area contributed by atoms with Gasteiger partial charge in [-0.05, 0) is 0 Å². The molecule has 0 amide bonds. The Balaban J connectivity index is 2.51. The highest BCUT2D eigenvalue weighted by Crippen LogP contribution is 2.11. The van der Waals surface area contributed by atoms with E-state index in [1.165, 1.54) is 0 Å². The lowest BCUT2D eigenvalue weighted by molar-refractivity contribution is -0.129. The maximum atomic E-state index is 11.9. The van der Waals surface area contributed by atoms with Crippen LogP contribution in [-0.4, -0.2) is 49.1 Å². The van der Waals surface area contributed by atoms with Crippen molar-refractivity contribution in [1.29, 1.82) is 0 Å². The number of hydrogen-bond donors (Lipinski definition) is 1. The molecule has 2 N–H and O–H groups in total. The second kappa shape index (κ2) is 7.64. The third-order valence-corrected chi connectivity index (χ3v) is 3.17. The number of carbonyl (C=O) groups excluding carboxylic acids is 1. The fourth-order valence-electron chi connectivity index (χ4n) is 2.02. The van der Waals surface area contributed by atoms with Crippen LogP contribution in [0, 0.1) is 23.7 Å². The van der Waals surface area contributed by atoms with E-state index in [9.17, 15) is 4.79 Å². The summed E-state index contributed by atoms with van der Waals surface area (Å²) < 4.78 is 5.63. The number of nitrogens with zero attached hydrogens (tertiary/aromatic N) is 1. The Morgan fingerprint density at radius 2 is 2.11 bits per heavy atom. The van der Waals surface area contributed by atoms with Gasteiger partial charge in [-0.3, -0.25) is 9.69 Å². The van der Waals surface area contributed by atoms with Crippen molar-refractivity contribution in [3.05, 3.63) is 0 Å². The zero-order valence-electron chi connectivity index (χ0n) is 12.5. The maximum absolute atomic E-state index is 11.9. The van der Waals surface area contributed by atoms with Gasteiger partial charge in [0, 0.05) is 24.9 Å². The van der Waals surface area contributed by atoms with E-state index >= 15 is 0 Å². The number of hydrogen-bond acceptors (Lipinski definition) is 4. The van der Waals surface area contributed by atoms with Gasteiger partial charge in [-0.15, -0.1) is 0 Å². The molecule has 108 valence electrons. The molecule has 0 bridgehead atoms. The van der Waals surface area contributed by atoms with Crippen LogP contribution in [0.3, 0.4) is 0 Å². The van der Waals surface area contributed by atoms with Crippen LogP contribution in [0.5, 0.6) is 0 Å². The predicted molar refractivity (Wildman–Crippen MR) is 76.6 cm³/mol. The first-order valence-corrected chi connectivity index (χ1v) is 7.03. The summed E-state index contributed by atoms with van der Waals surface area (Å²) in [5.41, 5.74) is 5.99. The van der Waals surface area contributed by atoms with E-state index in [0.717, 1.165) is 13.1 Å². The number of morpholine rings is 1. The minimum Gasteiger partial charge on any atom is -0.373 e. The standard InChI is InChI=1S/C15H26N2O2/c1-11(2)6-5-7-17-8-9-19-13(10-17)14(16)15(18)12(3)4/h11-14H,7-10,16H2,1-4H3. The van der Waals surface area contributed by atoms with E-state index in [1.54, 1.807) is 0 Å². The summed E-state index contributed by atoms with van der Waals surface area (Å²) in [5.74, 6) is 6.72. The Kier molecular flexibility index (Phi) is 6.50. The summed E-state index contributed by atoms with van der Waals surface area (Å²) in [5, 5.41) is 0. The SMILES string of the molecule is CC(C)C#CCN1CCOC(C(N)C(=O)C(C)C)C1. The Morgan fingerprint density at radius 1 is 1.42 bits per heavy atom. The highest BCUT2D eigenvalue weighted by molar-refractivity contribution is 5.86. The van der Waals surface area contributed by atoms with Gasteiger partial charge in [0.15, 0.2) is 5.78 Å². The van der Waals surface area contributed by atoms with E-state index in [4.69, 9.17) is 10.5 Å². The highest BCUT2D eigenvalue weighted by Gasteiger charge is 2.30. The molecule has 2 unspecified atom stereocenters. The van der Waals surface area contributed by atoms with E-state index in [2.05, 4.69) is 30.6 Å². The van der Waals surface area contributed by atoms with E-state index in [-0.39, 0.29) is 17.8 Å². The number of ether oxygens (including phenoxy) is 1. The number of Topliss-reactive ketones (excluding diaryl/α,β-unsaturated/α-hetero) is 1. The molecule has 2 atom stereocenters. The number of rotatable bonds is 4. The van der Waals surface area contributed by atoms with Gasteiger partial charge in [0.25, 0.3) is 0 Å². The van der Waals surface area contributed by atoms with Gasteiger partial charge in [-0.2, -0.15) is 0 Å². The molecule has 19 heavy (non-hydrogen) atoms. The van der Waals surface area contributed by atoms with Gasteiger partial charge in [0.05, 0.1) is 25.3 Å². The van der Waals surface area contributed by atoms with Gasteiger partial charge < -0.3 is 10.5 Å². The zero-order valence-corrected chi connectivity index (χ0v) is 12.5. The first-order valence-electron chi connectivity index (χ1n) is 7.03. The number of carbonyl (C=O) groups is 1. The number of nitrogens with two attached hydrogens (primary N) is 1. The summed E-state index contributed by atoms with van der Waals surface area (Å²) in [6.45, 7) is 10.8. The normalized spacial score (nSPS) is 22.2. The van der Waals surface area contributed by atoms with Crippen molar-refractivity contribution < 1.29 is 9.53 Å². The lowest BCUT2D eigenvalue weighted by atomic mass is 9.97. The molecular formula is C15H26N2O2. The third-order valence-electron chi connectivity index (χ3n) is 3.17. The molecule has 0 aliphatic carbocycles. The Hall–Kier alpha value is -0.890. The molecule has 0 aromatic carbocycles. The van der Waals surface area contributed by atoms with E-state index < -0.39 is 6.04 Å². The van der Waals surface area contributed by atoms with E-state index in [0.29, 0.717) is 19.1 Å². The molecule has 0 aromatic heterocycles. The summed E-state index contributed by atoms with van der Waals surface area (Å²) in [4.78, 5) is 14.1. The molecule has 1 fully saturated rings. The van der Waals surface area contributed by atoms with Gasteiger partial charge in [-0.1, -0.05) is 39.5 Å². The lowest BCUT2D eigenvalue weighted by Crippen LogP contribution is -2.54. The average Bonchev–Trinajstić information content (AvgIpc) is 2.36. The molecule has 1 aliphatic heterocycles. The minimum absolute atomic E-state index is 0.0466. The van der Waals surface area contributed by atoms with Gasteiger partial charge >= 0.3 is 0 Å². The van der Waals surface area contributed by atoms with Crippen LogP contribution >= 0.6 is 0 Å². The minimum atomic E-state index is -0.527. The van der Waals surface area contributed by atoms with Crippen molar-refractivity contribution in [1.82, 2.24) is 4.90 Å². The second-order valence-electron chi connectivity index (χ2n) is 5.70. The molecule has 0 aromatic rings. The van der Waals surface area contributed by atoms with Gasteiger partial charge in [0.1, 0.15) is 0 Å². The number of ketones is 1. The smallest absolute Gasteiger partial charge is 0.154 e. The summed E-state index contributed by atoms with van der Waals surface area (Å²) in [6, 6.07) is -0.527. The zero-order chi connectivity index (χ0) is 14.4. The largest absolute Gasteiger partial charge is 0.373 e. The Morgan fingerprint density at radius 3 is 2.68 bits per heavy atom. The van der Waals surface area contributed by atoms with Crippen molar-refractivity contribution in [2.24, 2.45) is 17.6 Å². The third kappa shape index (κ3) is 5.32. The maximum Gasteiger partial charge on any atom is 0.154 e. The molecule has 0 spiro atoms. The molecule has 0 radical (unpaired) electrons. The predicted octanol–water partition coefficient (Wildman–Crippen LogP) is 0.899. The van der Waals surface area contributed by atoms with Gasteiger partial charge in [0.2, 0.25) is 0 Å². The molecule has 1 rings (SSSR count). The highest BCUT2D eigenvalue weighted by atomic mass is 16.5. The molecule has 1 aliphatic rings. The van der Waals surface area contributed by atoms with Crippen molar-refractivity contribution in [2.75, 3.05) is 26.2 Å². The average molecular weight is 266 g/mol. The Labute approximate surface area is 116 Å². The lowest BCUT2D eigenvalue weighted by Gasteiger charge is -2.34. The van der Waals surface area contributed by atoms with Crippen molar-refractivity contribution in [2.45, 2.75) is 39.8 Å². The molecule has 1 heterocycles. The van der Waals surface area contributed by atoms with Crippen molar-refractivity contribution in [3.8, 4) is 11.8 Å². The second-order valence-corrected chi connectivity index (χ2v) is 5.70. The van der Waals surface area contributed by atoms with Crippen LogP contribution in [0.2, 0.25) is 0 Å². The van der Waals surface area contributed by atoms with Gasteiger partial charge in [-0.25, -0.2) is 0 Å². The summed E-state index contributed by atoms with van der Waals surface area (Å²) in [7, 11) is 0. The van der Waals surface area contributed by atoms with Crippen LogP contribution in [0.4, 0.5) is 0 Å². The van der Waals surface area contributed by atoms with Crippen LogP contribution in [-0.2, 0) is 9.53 Å².